The number of nitrogen functional groups attached to an aromatic ring is 1. The van der Waals surface area contributed by atoms with Gasteiger partial charge in [-0.2, -0.15) is 0 Å². The maximum absolute atomic E-state index is 5.70. The Labute approximate surface area is 113 Å². The predicted molar refractivity (Wildman–Crippen MR) is 76.9 cm³/mol. The van der Waals surface area contributed by atoms with E-state index in [1.807, 2.05) is 12.1 Å². The molecule has 0 atom stereocenters. The third-order valence-corrected chi connectivity index (χ3v) is 3.84. The summed E-state index contributed by atoms with van der Waals surface area (Å²) in [4.78, 5) is 4.76. The average Bonchev–Trinajstić information content (AvgIpc) is 2.76. The zero-order chi connectivity index (χ0) is 13.2. The van der Waals surface area contributed by atoms with Gasteiger partial charge in [0.05, 0.1) is 5.69 Å². The first-order valence-corrected chi connectivity index (χ1v) is 6.82. The number of nitrogens with one attached hydrogen (secondary N) is 1. The highest BCUT2D eigenvalue weighted by atomic mass is 15.1. The number of anilines is 1. The van der Waals surface area contributed by atoms with Crippen molar-refractivity contribution in [2.24, 2.45) is 7.05 Å². The van der Waals surface area contributed by atoms with Crippen LogP contribution < -0.4 is 11.1 Å². The number of imidazole rings is 1. The number of rotatable bonds is 3. The van der Waals surface area contributed by atoms with Gasteiger partial charge in [0, 0.05) is 44.4 Å². The SMILES string of the molecule is Cn1c(CCc2ccc(N)cc2)nc2c1CCNC2. The van der Waals surface area contributed by atoms with Crippen molar-refractivity contribution in [3.05, 3.63) is 47.0 Å². The van der Waals surface area contributed by atoms with Gasteiger partial charge >= 0.3 is 0 Å². The molecule has 0 unspecified atom stereocenters. The molecule has 0 aliphatic carbocycles. The lowest BCUT2D eigenvalue weighted by Crippen LogP contribution is -2.24. The van der Waals surface area contributed by atoms with Gasteiger partial charge in [0.25, 0.3) is 0 Å². The Balaban J connectivity index is 1.73. The zero-order valence-electron chi connectivity index (χ0n) is 11.3. The van der Waals surface area contributed by atoms with E-state index in [9.17, 15) is 0 Å². The zero-order valence-corrected chi connectivity index (χ0v) is 11.3. The van der Waals surface area contributed by atoms with Gasteiger partial charge in [-0.05, 0) is 24.1 Å². The Morgan fingerprint density at radius 2 is 2.05 bits per heavy atom. The quantitative estimate of drug-likeness (QED) is 0.817. The van der Waals surface area contributed by atoms with Gasteiger partial charge in [0.2, 0.25) is 0 Å². The molecule has 1 aliphatic rings. The lowest BCUT2D eigenvalue weighted by atomic mass is 10.1. The Morgan fingerprint density at radius 3 is 2.79 bits per heavy atom. The molecular formula is C15H20N4. The normalized spacial score (nSPS) is 14.4. The van der Waals surface area contributed by atoms with Crippen molar-refractivity contribution in [2.45, 2.75) is 25.8 Å². The largest absolute Gasteiger partial charge is 0.399 e. The van der Waals surface area contributed by atoms with Crippen LogP contribution in [-0.4, -0.2) is 16.1 Å². The first kappa shape index (κ1) is 12.2. The molecule has 1 aliphatic heterocycles. The van der Waals surface area contributed by atoms with Crippen LogP contribution in [0.1, 0.15) is 22.8 Å². The van der Waals surface area contributed by atoms with Gasteiger partial charge in [-0.25, -0.2) is 4.98 Å². The van der Waals surface area contributed by atoms with E-state index in [-0.39, 0.29) is 0 Å². The summed E-state index contributed by atoms with van der Waals surface area (Å²) >= 11 is 0. The number of fused-ring (bicyclic) bond motifs is 1. The van der Waals surface area contributed by atoms with Gasteiger partial charge in [-0.3, -0.25) is 0 Å². The van der Waals surface area contributed by atoms with Crippen LogP contribution in [0.5, 0.6) is 0 Å². The van der Waals surface area contributed by atoms with Crippen molar-refractivity contribution in [3.8, 4) is 0 Å². The maximum Gasteiger partial charge on any atom is 0.109 e. The molecule has 1 aromatic carbocycles. The van der Waals surface area contributed by atoms with Crippen molar-refractivity contribution in [3.63, 3.8) is 0 Å². The van der Waals surface area contributed by atoms with Crippen LogP contribution in [0.15, 0.2) is 24.3 Å². The molecule has 0 bridgehead atoms. The van der Waals surface area contributed by atoms with E-state index in [0.717, 1.165) is 38.0 Å². The van der Waals surface area contributed by atoms with Crippen molar-refractivity contribution in [1.29, 1.82) is 0 Å². The van der Waals surface area contributed by atoms with E-state index in [4.69, 9.17) is 10.7 Å². The minimum atomic E-state index is 0.822. The molecule has 4 nitrogen and oxygen atoms in total. The summed E-state index contributed by atoms with van der Waals surface area (Å²) < 4.78 is 2.27. The summed E-state index contributed by atoms with van der Waals surface area (Å²) in [6.45, 7) is 1.97. The number of hydrogen-bond acceptors (Lipinski definition) is 3. The second-order valence-electron chi connectivity index (χ2n) is 5.15. The molecule has 3 N–H and O–H groups in total. The smallest absolute Gasteiger partial charge is 0.109 e. The third-order valence-electron chi connectivity index (χ3n) is 3.84. The van der Waals surface area contributed by atoms with E-state index >= 15 is 0 Å². The monoisotopic (exact) mass is 256 g/mol. The van der Waals surface area contributed by atoms with Gasteiger partial charge in [-0.1, -0.05) is 12.1 Å². The van der Waals surface area contributed by atoms with Gasteiger partial charge in [-0.15, -0.1) is 0 Å². The summed E-state index contributed by atoms with van der Waals surface area (Å²) in [6.07, 6.45) is 3.07. The van der Waals surface area contributed by atoms with Crippen molar-refractivity contribution >= 4 is 5.69 Å². The van der Waals surface area contributed by atoms with E-state index in [1.165, 1.54) is 22.8 Å². The fourth-order valence-electron chi connectivity index (χ4n) is 2.68. The molecule has 1 aromatic heterocycles. The summed E-state index contributed by atoms with van der Waals surface area (Å²) in [7, 11) is 2.13. The molecule has 0 fully saturated rings. The molecule has 0 amide bonds. The van der Waals surface area contributed by atoms with Crippen LogP contribution in [0, 0.1) is 0 Å². The Hall–Kier alpha value is -1.81. The van der Waals surface area contributed by atoms with Gasteiger partial charge in [0.15, 0.2) is 0 Å². The first-order chi connectivity index (χ1) is 9.24. The minimum absolute atomic E-state index is 0.822. The highest BCUT2D eigenvalue weighted by Gasteiger charge is 2.17. The molecule has 0 saturated carbocycles. The molecule has 0 spiro atoms. The number of nitrogens with zero attached hydrogens (tertiary/aromatic N) is 2. The van der Waals surface area contributed by atoms with Crippen molar-refractivity contribution in [1.82, 2.24) is 14.9 Å². The first-order valence-electron chi connectivity index (χ1n) is 6.82. The fourth-order valence-corrected chi connectivity index (χ4v) is 2.68. The second-order valence-corrected chi connectivity index (χ2v) is 5.15. The van der Waals surface area contributed by atoms with Crippen LogP contribution in [0.2, 0.25) is 0 Å². The Kier molecular flexibility index (Phi) is 3.25. The summed E-state index contributed by atoms with van der Waals surface area (Å²) in [5.74, 6) is 1.19. The van der Waals surface area contributed by atoms with Gasteiger partial charge in [0.1, 0.15) is 5.82 Å². The molecule has 3 rings (SSSR count). The average molecular weight is 256 g/mol. The lowest BCUT2D eigenvalue weighted by Gasteiger charge is -2.13. The predicted octanol–water partition coefficient (Wildman–Crippen LogP) is 1.43. The molecule has 2 heterocycles. The second kappa shape index (κ2) is 5.05. The number of benzene rings is 1. The van der Waals surface area contributed by atoms with Crippen LogP contribution in [0.3, 0.4) is 0 Å². The third kappa shape index (κ3) is 2.49. The van der Waals surface area contributed by atoms with Crippen LogP contribution in [0.4, 0.5) is 5.69 Å². The number of aryl methyl sites for hydroxylation is 2. The van der Waals surface area contributed by atoms with Crippen LogP contribution in [0.25, 0.3) is 0 Å². The highest BCUT2D eigenvalue weighted by Crippen LogP contribution is 2.16. The highest BCUT2D eigenvalue weighted by molar-refractivity contribution is 5.39. The number of aromatic nitrogens is 2. The summed E-state index contributed by atoms with van der Waals surface area (Å²) in [5, 5.41) is 3.37. The van der Waals surface area contributed by atoms with Gasteiger partial charge < -0.3 is 15.6 Å². The fraction of sp³-hybridized carbons (Fsp3) is 0.400. The topological polar surface area (TPSA) is 55.9 Å². The van der Waals surface area contributed by atoms with E-state index < -0.39 is 0 Å². The van der Waals surface area contributed by atoms with Crippen LogP contribution >= 0.6 is 0 Å². The molecule has 19 heavy (non-hydrogen) atoms. The molecule has 0 radical (unpaired) electrons. The number of hydrogen-bond donors (Lipinski definition) is 2. The lowest BCUT2D eigenvalue weighted by molar-refractivity contribution is 0.610. The molecule has 4 heteroatoms. The van der Waals surface area contributed by atoms with E-state index in [0.29, 0.717) is 0 Å². The van der Waals surface area contributed by atoms with Crippen molar-refractivity contribution in [2.75, 3.05) is 12.3 Å². The summed E-state index contributed by atoms with van der Waals surface area (Å²) in [5.41, 5.74) is 10.5. The molecule has 100 valence electrons. The maximum atomic E-state index is 5.70. The van der Waals surface area contributed by atoms with E-state index in [2.05, 4.69) is 29.1 Å². The van der Waals surface area contributed by atoms with Crippen LogP contribution in [-0.2, 0) is 32.9 Å². The van der Waals surface area contributed by atoms with E-state index in [1.54, 1.807) is 0 Å². The van der Waals surface area contributed by atoms with Crippen molar-refractivity contribution < 1.29 is 0 Å². The summed E-state index contributed by atoms with van der Waals surface area (Å²) in [6, 6.07) is 8.12. The Bertz CT molecular complexity index is 569. The molecule has 0 saturated heterocycles. The Morgan fingerprint density at radius 1 is 1.26 bits per heavy atom. The standard InChI is InChI=1S/C15H20N4/c1-19-14-8-9-17-10-13(14)18-15(19)7-4-11-2-5-12(16)6-3-11/h2-3,5-6,17H,4,7-10,16H2,1H3. The number of nitrogens with two attached hydrogens (primary N) is 1. The molecular weight excluding hydrogens is 236 g/mol. The minimum Gasteiger partial charge on any atom is -0.399 e. The molecule has 2 aromatic rings.